The normalized spacial score (nSPS) is 15.2. The Labute approximate surface area is 81.4 Å². The van der Waals surface area contributed by atoms with Gasteiger partial charge in [-0.1, -0.05) is 20.4 Å². The van der Waals surface area contributed by atoms with Gasteiger partial charge >= 0.3 is 0 Å². The fourth-order valence-corrected chi connectivity index (χ4v) is 1.16. The van der Waals surface area contributed by atoms with E-state index < -0.39 is 0 Å². The lowest BCUT2D eigenvalue weighted by atomic mass is 9.90. The van der Waals surface area contributed by atoms with E-state index >= 15 is 0 Å². The standard InChI is InChI=1S/C11H21NO/c1-7(2)12-10(5)8(3)9(4)11(6)13/h7-9,12H,5H2,1-4,6H3. The average molecular weight is 183 g/mol. The van der Waals surface area contributed by atoms with Crippen LogP contribution in [0.4, 0.5) is 0 Å². The highest BCUT2D eigenvalue weighted by Crippen LogP contribution is 2.18. The lowest BCUT2D eigenvalue weighted by molar-refractivity contribution is -0.121. The van der Waals surface area contributed by atoms with E-state index in [-0.39, 0.29) is 17.6 Å². The molecule has 0 spiro atoms. The largest absolute Gasteiger partial charge is 0.386 e. The minimum atomic E-state index is 0.0544. The van der Waals surface area contributed by atoms with Gasteiger partial charge in [-0.3, -0.25) is 4.79 Å². The van der Waals surface area contributed by atoms with Gasteiger partial charge in [0, 0.05) is 23.6 Å². The van der Waals surface area contributed by atoms with Crippen LogP contribution in [0.5, 0.6) is 0 Å². The Balaban J connectivity index is 4.17. The SMILES string of the molecule is C=C(NC(C)C)C(C)C(C)C(C)=O. The molecule has 2 atom stereocenters. The zero-order chi connectivity index (χ0) is 10.6. The summed E-state index contributed by atoms with van der Waals surface area (Å²) in [6, 6.07) is 0.383. The summed E-state index contributed by atoms with van der Waals surface area (Å²) in [4.78, 5) is 11.1. The number of hydrogen-bond acceptors (Lipinski definition) is 2. The van der Waals surface area contributed by atoms with Crippen molar-refractivity contribution in [1.29, 1.82) is 0 Å². The molecule has 0 radical (unpaired) electrons. The van der Waals surface area contributed by atoms with Gasteiger partial charge < -0.3 is 5.32 Å². The van der Waals surface area contributed by atoms with E-state index in [4.69, 9.17) is 0 Å². The van der Waals surface area contributed by atoms with E-state index in [1.54, 1.807) is 6.92 Å². The Morgan fingerprint density at radius 2 is 1.62 bits per heavy atom. The Kier molecular flexibility index (Phi) is 4.74. The summed E-state index contributed by atoms with van der Waals surface area (Å²) in [5.41, 5.74) is 0.956. The van der Waals surface area contributed by atoms with E-state index in [2.05, 4.69) is 25.7 Å². The van der Waals surface area contributed by atoms with Gasteiger partial charge in [-0.2, -0.15) is 0 Å². The summed E-state index contributed by atoms with van der Waals surface area (Å²) in [5, 5.41) is 3.23. The first-order valence-electron chi connectivity index (χ1n) is 4.82. The van der Waals surface area contributed by atoms with Crippen LogP contribution in [0.15, 0.2) is 12.3 Å². The molecule has 0 aliphatic carbocycles. The summed E-state index contributed by atoms with van der Waals surface area (Å²) in [6.45, 7) is 13.7. The van der Waals surface area contributed by atoms with Gasteiger partial charge in [-0.25, -0.2) is 0 Å². The van der Waals surface area contributed by atoms with Crippen molar-refractivity contribution in [1.82, 2.24) is 5.32 Å². The summed E-state index contributed by atoms with van der Waals surface area (Å²) in [7, 11) is 0. The molecule has 0 aromatic rings. The fraction of sp³-hybridized carbons (Fsp3) is 0.727. The summed E-state index contributed by atoms with van der Waals surface area (Å²) in [6.07, 6.45) is 0. The minimum absolute atomic E-state index is 0.0544. The average Bonchev–Trinajstić information content (AvgIpc) is 2.00. The maximum Gasteiger partial charge on any atom is 0.133 e. The lowest BCUT2D eigenvalue weighted by Crippen LogP contribution is -2.29. The van der Waals surface area contributed by atoms with Gasteiger partial charge in [0.25, 0.3) is 0 Å². The number of rotatable bonds is 5. The molecule has 2 nitrogen and oxygen atoms in total. The molecule has 1 N–H and O–H groups in total. The Bertz CT molecular complexity index is 196. The van der Waals surface area contributed by atoms with Gasteiger partial charge in [0.15, 0.2) is 0 Å². The van der Waals surface area contributed by atoms with E-state index in [1.165, 1.54) is 0 Å². The molecule has 13 heavy (non-hydrogen) atoms. The third-order valence-electron chi connectivity index (χ3n) is 2.41. The number of nitrogens with one attached hydrogen (secondary N) is 1. The number of allylic oxidation sites excluding steroid dienone is 1. The summed E-state index contributed by atoms with van der Waals surface area (Å²) >= 11 is 0. The number of hydrogen-bond donors (Lipinski definition) is 1. The number of ketones is 1. The molecule has 0 aliphatic heterocycles. The van der Waals surface area contributed by atoms with Gasteiger partial charge in [-0.15, -0.1) is 0 Å². The van der Waals surface area contributed by atoms with Gasteiger partial charge in [0.2, 0.25) is 0 Å². The number of carbonyl (C=O) groups is 1. The van der Waals surface area contributed by atoms with Crippen molar-refractivity contribution in [3.63, 3.8) is 0 Å². The van der Waals surface area contributed by atoms with Crippen LogP contribution in [0.3, 0.4) is 0 Å². The van der Waals surface area contributed by atoms with E-state index in [1.807, 2.05) is 13.8 Å². The van der Waals surface area contributed by atoms with Crippen molar-refractivity contribution in [3.05, 3.63) is 12.3 Å². The fourth-order valence-electron chi connectivity index (χ4n) is 1.16. The maximum absolute atomic E-state index is 11.1. The van der Waals surface area contributed by atoms with E-state index in [0.717, 1.165) is 5.70 Å². The third kappa shape index (κ3) is 4.11. The molecule has 0 saturated carbocycles. The van der Waals surface area contributed by atoms with Crippen LogP contribution in [0, 0.1) is 11.8 Å². The molecule has 0 aromatic heterocycles. The highest BCUT2D eigenvalue weighted by Gasteiger charge is 2.19. The van der Waals surface area contributed by atoms with Crippen LogP contribution in [-0.4, -0.2) is 11.8 Å². The molecule has 0 amide bonds. The number of carbonyl (C=O) groups excluding carboxylic acids is 1. The van der Waals surface area contributed by atoms with Gasteiger partial charge in [0.1, 0.15) is 5.78 Å². The van der Waals surface area contributed by atoms with E-state index in [9.17, 15) is 4.79 Å². The topological polar surface area (TPSA) is 29.1 Å². The Morgan fingerprint density at radius 3 is 1.92 bits per heavy atom. The second-order valence-corrected chi connectivity index (χ2v) is 4.01. The number of Topliss-reactive ketones (excluding diaryl/α,β-unsaturated/α-hetero) is 1. The maximum atomic E-state index is 11.1. The van der Waals surface area contributed by atoms with Crippen LogP contribution in [0.25, 0.3) is 0 Å². The van der Waals surface area contributed by atoms with Gasteiger partial charge in [-0.05, 0) is 20.8 Å². The van der Waals surface area contributed by atoms with Crippen LogP contribution in [-0.2, 0) is 4.79 Å². The molecule has 0 rings (SSSR count). The molecule has 0 saturated heterocycles. The summed E-state index contributed by atoms with van der Waals surface area (Å²) < 4.78 is 0. The van der Waals surface area contributed by atoms with Crippen molar-refractivity contribution in [2.75, 3.05) is 0 Å². The van der Waals surface area contributed by atoms with E-state index in [0.29, 0.717) is 6.04 Å². The second kappa shape index (κ2) is 5.05. The van der Waals surface area contributed by atoms with Crippen molar-refractivity contribution < 1.29 is 4.79 Å². The molecule has 2 heteroatoms. The van der Waals surface area contributed by atoms with Crippen molar-refractivity contribution in [3.8, 4) is 0 Å². The zero-order valence-electron chi connectivity index (χ0n) is 9.35. The Hall–Kier alpha value is -0.790. The molecule has 0 heterocycles. The summed E-state index contributed by atoms with van der Waals surface area (Å²) in [5.74, 6) is 0.484. The first kappa shape index (κ1) is 12.2. The molecule has 2 unspecified atom stereocenters. The zero-order valence-corrected chi connectivity index (χ0v) is 9.35. The van der Waals surface area contributed by atoms with Crippen molar-refractivity contribution in [2.45, 2.75) is 40.7 Å². The molecular weight excluding hydrogens is 162 g/mol. The molecule has 0 fully saturated rings. The van der Waals surface area contributed by atoms with Crippen LogP contribution < -0.4 is 5.32 Å². The molecule has 0 aromatic carbocycles. The lowest BCUT2D eigenvalue weighted by Gasteiger charge is -2.23. The van der Waals surface area contributed by atoms with Crippen molar-refractivity contribution >= 4 is 5.78 Å². The Morgan fingerprint density at radius 1 is 1.15 bits per heavy atom. The van der Waals surface area contributed by atoms with Crippen LogP contribution >= 0.6 is 0 Å². The molecule has 0 bridgehead atoms. The first-order chi connectivity index (χ1) is 5.86. The monoisotopic (exact) mass is 183 g/mol. The van der Waals surface area contributed by atoms with Crippen LogP contribution in [0.1, 0.15) is 34.6 Å². The molecule has 0 aliphatic rings. The molecule has 76 valence electrons. The predicted octanol–water partition coefficient (Wildman–Crippen LogP) is 2.36. The highest BCUT2D eigenvalue weighted by molar-refractivity contribution is 5.78. The quantitative estimate of drug-likeness (QED) is 0.709. The van der Waals surface area contributed by atoms with Gasteiger partial charge in [0.05, 0.1) is 0 Å². The smallest absolute Gasteiger partial charge is 0.133 e. The third-order valence-corrected chi connectivity index (χ3v) is 2.41. The second-order valence-electron chi connectivity index (χ2n) is 4.01. The minimum Gasteiger partial charge on any atom is -0.386 e. The van der Waals surface area contributed by atoms with Crippen molar-refractivity contribution in [2.24, 2.45) is 11.8 Å². The first-order valence-corrected chi connectivity index (χ1v) is 4.82. The van der Waals surface area contributed by atoms with Crippen LogP contribution in [0.2, 0.25) is 0 Å². The highest BCUT2D eigenvalue weighted by atomic mass is 16.1. The molecular formula is C11H21NO. The predicted molar refractivity (Wildman–Crippen MR) is 56.4 cm³/mol.